The molecule has 0 unspecified atom stereocenters. The highest BCUT2D eigenvalue weighted by Gasteiger charge is 2.43. The third-order valence-corrected chi connectivity index (χ3v) is 7.87. The Bertz CT molecular complexity index is 1200. The van der Waals surface area contributed by atoms with Crippen molar-refractivity contribution in [3.63, 3.8) is 0 Å². The number of nitrogens with one attached hydrogen (secondary N) is 1. The number of ether oxygens (including phenoxy) is 10. The summed E-state index contributed by atoms with van der Waals surface area (Å²) in [5.74, 6) is -0.644. The second-order valence-electron chi connectivity index (χ2n) is 12.1. The van der Waals surface area contributed by atoms with E-state index in [4.69, 9.17) is 65.3 Å². The average Bonchev–Trinajstić information content (AvgIpc) is 3.18. The molecule has 2 amide bonds. The summed E-state index contributed by atoms with van der Waals surface area (Å²) >= 11 is 0. The molecule has 0 aromatic rings. The summed E-state index contributed by atoms with van der Waals surface area (Å²) in [4.78, 5) is 42.8. The first kappa shape index (κ1) is 51.2. The van der Waals surface area contributed by atoms with Gasteiger partial charge in [0.25, 0.3) is 0 Å². The van der Waals surface area contributed by atoms with Crippen LogP contribution in [0.3, 0.4) is 0 Å². The van der Waals surface area contributed by atoms with E-state index >= 15 is 0 Å². The van der Waals surface area contributed by atoms with E-state index in [9.17, 15) is 29.7 Å². The van der Waals surface area contributed by atoms with Gasteiger partial charge in [-0.15, -0.1) is 6.42 Å². The number of nitrogens with two attached hydrogens (primary N) is 2. The van der Waals surface area contributed by atoms with Crippen molar-refractivity contribution < 1.29 is 77.1 Å². The van der Waals surface area contributed by atoms with Gasteiger partial charge in [0.05, 0.1) is 112 Å². The number of aliphatic imine (C=N–C) groups is 1. The van der Waals surface area contributed by atoms with Gasteiger partial charge < -0.3 is 84.4 Å². The van der Waals surface area contributed by atoms with Crippen LogP contribution in [0.4, 0.5) is 4.79 Å². The maximum Gasteiger partial charge on any atom is 0.407 e. The number of hydrogen-bond donors (Lipinski definition) is 6. The van der Waals surface area contributed by atoms with Gasteiger partial charge in [0.15, 0.2) is 12.1 Å². The Hall–Kier alpha value is -3.82. The number of nitrogens with zero attached hydrogens (tertiary/aromatic N) is 2. The zero-order chi connectivity index (χ0) is 42.1. The van der Waals surface area contributed by atoms with E-state index in [-0.39, 0.29) is 64.5 Å². The van der Waals surface area contributed by atoms with E-state index < -0.39 is 54.7 Å². The van der Waals surface area contributed by atoms with Crippen LogP contribution < -0.4 is 16.8 Å². The Morgan fingerprint density at radius 2 is 1.40 bits per heavy atom. The van der Waals surface area contributed by atoms with Crippen LogP contribution in [-0.2, 0) is 57.0 Å². The van der Waals surface area contributed by atoms with Gasteiger partial charge in [-0.05, 0) is 13.0 Å². The highest BCUT2D eigenvalue weighted by molar-refractivity contribution is 5.85. The average molecular weight is 822 g/mol. The maximum absolute atomic E-state index is 12.9. The first-order valence-electron chi connectivity index (χ1n) is 18.8. The summed E-state index contributed by atoms with van der Waals surface area (Å²) in [5, 5.41) is 32.0. The Labute approximate surface area is 334 Å². The molecule has 0 radical (unpaired) electrons. The predicted molar refractivity (Wildman–Crippen MR) is 203 cm³/mol. The minimum atomic E-state index is -1.61. The van der Waals surface area contributed by atoms with Crippen molar-refractivity contribution in [3.8, 4) is 12.3 Å². The Kier molecular flexibility index (Phi) is 29.8. The van der Waals surface area contributed by atoms with Gasteiger partial charge in [0.2, 0.25) is 11.7 Å². The SMILES string of the molecule is C#CCOCCOCCOCCOCCC(=O)N(CCOCCOCC)CCOCCOCCNC(=O)O[C@@H]([C@@H]1OC(C(=O)O)=C[C@H](N=C(N)N)[C@H]1C)[C@H](O)CO. The monoisotopic (exact) mass is 821 g/mol. The van der Waals surface area contributed by atoms with E-state index in [2.05, 4.69) is 16.2 Å². The molecule has 1 aliphatic rings. The van der Waals surface area contributed by atoms with Crippen molar-refractivity contribution in [2.75, 3.05) is 132 Å². The topological polar surface area (TPSA) is 284 Å². The first-order valence-corrected chi connectivity index (χ1v) is 18.8. The predicted octanol–water partition coefficient (Wildman–Crippen LogP) is -1.92. The highest BCUT2D eigenvalue weighted by Crippen LogP contribution is 2.30. The van der Waals surface area contributed by atoms with Gasteiger partial charge in [-0.2, -0.15) is 0 Å². The molecule has 57 heavy (non-hydrogen) atoms. The van der Waals surface area contributed by atoms with Crippen LogP contribution in [0.25, 0.3) is 0 Å². The minimum absolute atomic E-state index is 0.0109. The Morgan fingerprint density at radius 1 is 0.877 bits per heavy atom. The summed E-state index contributed by atoms with van der Waals surface area (Å²) < 4.78 is 54.3. The van der Waals surface area contributed by atoms with E-state index in [0.29, 0.717) is 79.2 Å². The largest absolute Gasteiger partial charge is 0.479 e. The number of carboxylic acids is 1. The standard InChI is InChI=1S/C36H63N5O16/c1-4-10-49-17-21-54-23-24-55-22-18-50-11-6-31(44)41(8-13-52-16-15-48-5-2)9-14-53-20-19-51-12-7-39-36(47)57-33(29(43)26-42)32-27(3)28(40-35(37)38)25-30(56-32)34(45)46/h1,25,27-29,32-33,42-43H,5-24,26H2,2-3H3,(H,39,47)(H,45,46)(H4,37,38,40)/t27-,28+,29-,32-,33-/m1/s1. The fraction of sp³-hybridized carbons (Fsp3) is 0.778. The third kappa shape index (κ3) is 24.5. The molecule has 0 aromatic heterocycles. The Balaban J connectivity index is 2.39. The molecule has 0 saturated carbocycles. The number of rotatable bonds is 35. The summed E-state index contributed by atoms with van der Waals surface area (Å²) in [6, 6.07) is -0.866. The second-order valence-corrected chi connectivity index (χ2v) is 12.1. The van der Waals surface area contributed by atoms with Crippen LogP contribution in [0.15, 0.2) is 16.8 Å². The lowest BCUT2D eigenvalue weighted by atomic mass is 9.87. The van der Waals surface area contributed by atoms with Crippen molar-refractivity contribution >= 4 is 23.9 Å². The lowest BCUT2D eigenvalue weighted by molar-refractivity contribution is -0.147. The maximum atomic E-state index is 12.9. The molecule has 0 bridgehead atoms. The molecule has 1 aliphatic heterocycles. The van der Waals surface area contributed by atoms with E-state index in [1.54, 1.807) is 11.8 Å². The Morgan fingerprint density at radius 3 is 1.93 bits per heavy atom. The lowest BCUT2D eigenvalue weighted by Crippen LogP contribution is -2.52. The van der Waals surface area contributed by atoms with Crippen molar-refractivity contribution in [1.29, 1.82) is 0 Å². The summed E-state index contributed by atoms with van der Waals surface area (Å²) in [6.07, 6.45) is 1.18. The van der Waals surface area contributed by atoms with Gasteiger partial charge in [-0.1, -0.05) is 12.8 Å². The van der Waals surface area contributed by atoms with Crippen LogP contribution >= 0.6 is 0 Å². The van der Waals surface area contributed by atoms with Crippen LogP contribution in [-0.4, -0.2) is 200 Å². The number of guanidine groups is 1. The number of terminal acetylenes is 1. The van der Waals surface area contributed by atoms with Crippen LogP contribution in [0.5, 0.6) is 0 Å². The highest BCUT2D eigenvalue weighted by atomic mass is 16.6. The van der Waals surface area contributed by atoms with Gasteiger partial charge in [-0.3, -0.25) is 4.79 Å². The molecule has 21 nitrogen and oxygen atoms in total. The number of amides is 2. The number of hydrogen-bond acceptors (Lipinski definition) is 16. The molecule has 0 saturated heterocycles. The smallest absolute Gasteiger partial charge is 0.407 e. The molecule has 0 fully saturated rings. The number of aliphatic hydroxyl groups is 2. The summed E-state index contributed by atoms with van der Waals surface area (Å²) in [7, 11) is 0. The van der Waals surface area contributed by atoms with Crippen LogP contribution in [0, 0.1) is 18.3 Å². The third-order valence-electron chi connectivity index (χ3n) is 7.87. The van der Waals surface area contributed by atoms with Crippen LogP contribution in [0.1, 0.15) is 20.3 Å². The molecule has 1 rings (SSSR count). The normalized spacial score (nSPS) is 17.4. The van der Waals surface area contributed by atoms with Gasteiger partial charge in [0, 0.05) is 32.2 Å². The van der Waals surface area contributed by atoms with E-state index in [1.807, 2.05) is 6.92 Å². The number of aliphatic carboxylic acids is 1. The van der Waals surface area contributed by atoms with Gasteiger partial charge in [-0.25, -0.2) is 14.6 Å². The summed E-state index contributed by atoms with van der Waals surface area (Å²) in [6.45, 7) is 8.74. The van der Waals surface area contributed by atoms with Gasteiger partial charge >= 0.3 is 12.1 Å². The lowest BCUT2D eigenvalue weighted by Gasteiger charge is -2.38. The quantitative estimate of drug-likeness (QED) is 0.0176. The number of alkyl carbamates (subject to hydrolysis) is 1. The van der Waals surface area contributed by atoms with Crippen molar-refractivity contribution in [2.24, 2.45) is 22.4 Å². The molecule has 1 heterocycles. The fourth-order valence-corrected chi connectivity index (χ4v) is 4.97. The fourth-order valence-electron chi connectivity index (χ4n) is 4.97. The van der Waals surface area contributed by atoms with Crippen molar-refractivity contribution in [2.45, 2.75) is 44.6 Å². The van der Waals surface area contributed by atoms with Crippen molar-refractivity contribution in [1.82, 2.24) is 10.2 Å². The molecule has 21 heteroatoms. The number of carboxylic acid groups (broad SMARTS) is 1. The van der Waals surface area contributed by atoms with Crippen molar-refractivity contribution in [3.05, 3.63) is 11.8 Å². The number of aliphatic hydroxyl groups excluding tert-OH is 2. The first-order chi connectivity index (χ1) is 27.5. The molecule has 8 N–H and O–H groups in total. The molecular weight excluding hydrogens is 758 g/mol. The summed E-state index contributed by atoms with van der Waals surface area (Å²) in [5.41, 5.74) is 11.0. The van der Waals surface area contributed by atoms with Crippen LogP contribution in [0.2, 0.25) is 0 Å². The molecule has 0 aromatic carbocycles. The van der Waals surface area contributed by atoms with Gasteiger partial charge in [0.1, 0.15) is 18.8 Å². The molecule has 328 valence electrons. The molecule has 0 aliphatic carbocycles. The molecular formula is C36H63N5O16. The zero-order valence-corrected chi connectivity index (χ0v) is 33.1. The minimum Gasteiger partial charge on any atom is -0.479 e. The number of carbonyl (C=O) groups excluding carboxylic acids is 2. The van der Waals surface area contributed by atoms with E-state index in [0.717, 1.165) is 0 Å². The number of carbonyl (C=O) groups is 3. The molecule has 5 atom stereocenters. The van der Waals surface area contributed by atoms with E-state index in [1.165, 1.54) is 6.08 Å². The zero-order valence-electron chi connectivity index (χ0n) is 33.1. The molecule has 0 spiro atoms. The second kappa shape index (κ2) is 33.2.